The first kappa shape index (κ1) is 50.5. The Hall–Kier alpha value is -4.47. The number of aliphatic hydroxyl groups is 1. The fraction of sp³-hybridized carbons (Fsp3) is 0.449. The van der Waals surface area contributed by atoms with Crippen molar-refractivity contribution in [2.24, 2.45) is 22.7 Å². The largest absolute Gasteiger partial charge is 0.392 e. The zero-order valence-corrected chi connectivity index (χ0v) is 35.4. The third-order valence-corrected chi connectivity index (χ3v) is 8.42. The summed E-state index contributed by atoms with van der Waals surface area (Å²) in [4.78, 5) is 0. The Morgan fingerprint density at radius 2 is 1.02 bits per heavy atom. The molecule has 4 aromatic rings. The van der Waals surface area contributed by atoms with E-state index in [4.69, 9.17) is 32.5 Å². The van der Waals surface area contributed by atoms with Crippen molar-refractivity contribution in [3.05, 3.63) is 139 Å². The molecule has 0 amide bonds. The number of aryl methyl sites for hydroxylation is 2. The van der Waals surface area contributed by atoms with Gasteiger partial charge in [0, 0.05) is 5.02 Å². The molecule has 0 aliphatic carbocycles. The molecular formula is C49H65ClFN3O. The van der Waals surface area contributed by atoms with E-state index in [9.17, 15) is 4.39 Å². The maximum atomic E-state index is 13.2. The van der Waals surface area contributed by atoms with Crippen molar-refractivity contribution in [1.29, 1.82) is 15.8 Å². The van der Waals surface area contributed by atoms with Gasteiger partial charge in [-0.15, -0.1) is 0 Å². The highest BCUT2D eigenvalue weighted by Gasteiger charge is 2.14. The molecule has 0 unspecified atom stereocenters. The standard InChI is InChI=1S/C13H17N.C12H14ClN.C12H15NO.C11H15F.CH4/c1-10-7-11(9-14)5-6-12(10)8-13(2,3)4;1-12(2,3)7-10-5-4-9(8-14)6-11(10)13;1-9(2)5-11-4-3-10(7-13)6-12(11)8-14;1-8(2)6-10-5-4-9(3)7-11(10)12;/h5-7H,8H2,1-4H3;4-6H,7H2,1-3H3;3-4,6,9,14H,5,8H2,1-2H3;4-5,7-8H,6H2,1-3H3;1H4. The number of aliphatic hydroxyl groups excluding tert-OH is 1. The number of nitriles is 3. The second kappa shape index (κ2) is 24.1. The SMILES string of the molecule is C.CC(C)(C)Cc1ccc(C#N)cc1Cl.CC(C)Cc1ccc(C#N)cc1CO.Cc1cc(C#N)ccc1CC(C)(C)C.Cc1ccc(CC(C)C)c(F)c1. The van der Waals surface area contributed by atoms with Crippen molar-refractivity contribution >= 4 is 11.6 Å². The fourth-order valence-electron chi connectivity index (χ4n) is 5.61. The summed E-state index contributed by atoms with van der Waals surface area (Å²) in [5, 5.41) is 35.9. The summed E-state index contributed by atoms with van der Waals surface area (Å²) in [5.41, 5.74) is 10.0. The van der Waals surface area contributed by atoms with Gasteiger partial charge in [0.15, 0.2) is 0 Å². The van der Waals surface area contributed by atoms with Crippen molar-refractivity contribution in [2.45, 2.75) is 123 Å². The van der Waals surface area contributed by atoms with Crippen LogP contribution in [0.4, 0.5) is 4.39 Å². The van der Waals surface area contributed by atoms with Crippen LogP contribution in [0.5, 0.6) is 0 Å². The third-order valence-electron chi connectivity index (χ3n) is 8.07. The Labute approximate surface area is 338 Å². The molecule has 0 saturated carbocycles. The van der Waals surface area contributed by atoms with E-state index < -0.39 is 0 Å². The van der Waals surface area contributed by atoms with Crippen molar-refractivity contribution in [2.75, 3.05) is 0 Å². The molecule has 4 nitrogen and oxygen atoms in total. The Balaban J connectivity index is 0.000000704. The minimum atomic E-state index is -0.0660. The first-order chi connectivity index (χ1) is 25.1. The topological polar surface area (TPSA) is 91.6 Å². The van der Waals surface area contributed by atoms with Gasteiger partial charge in [0.05, 0.1) is 41.5 Å². The maximum Gasteiger partial charge on any atom is 0.126 e. The van der Waals surface area contributed by atoms with Gasteiger partial charge in [0.1, 0.15) is 5.82 Å². The molecule has 0 fully saturated rings. The van der Waals surface area contributed by atoms with Crippen molar-refractivity contribution < 1.29 is 9.50 Å². The molecule has 6 heteroatoms. The van der Waals surface area contributed by atoms with E-state index in [0.717, 1.165) is 59.1 Å². The van der Waals surface area contributed by atoms with Gasteiger partial charge in [-0.2, -0.15) is 15.8 Å². The predicted octanol–water partition coefficient (Wildman–Crippen LogP) is 13.5. The van der Waals surface area contributed by atoms with Gasteiger partial charge < -0.3 is 5.11 Å². The number of nitrogens with zero attached hydrogens (tertiary/aromatic N) is 3. The molecule has 0 aromatic heterocycles. The van der Waals surface area contributed by atoms with Crippen LogP contribution in [0.2, 0.25) is 5.02 Å². The first-order valence-corrected chi connectivity index (χ1v) is 19.0. The summed E-state index contributed by atoms with van der Waals surface area (Å²) < 4.78 is 13.2. The van der Waals surface area contributed by atoms with Crippen LogP contribution in [0.3, 0.4) is 0 Å². The number of benzene rings is 4. The molecule has 4 aromatic carbocycles. The minimum Gasteiger partial charge on any atom is -0.392 e. The molecule has 0 radical (unpaired) electrons. The van der Waals surface area contributed by atoms with Crippen molar-refractivity contribution in [1.82, 2.24) is 0 Å². The van der Waals surface area contributed by atoms with E-state index in [1.165, 1.54) is 11.1 Å². The normalized spacial score (nSPS) is 10.6. The van der Waals surface area contributed by atoms with Gasteiger partial charge >= 0.3 is 0 Å². The van der Waals surface area contributed by atoms with Gasteiger partial charge in [-0.3, -0.25) is 0 Å². The van der Waals surface area contributed by atoms with Crippen LogP contribution in [0, 0.1) is 76.3 Å². The smallest absolute Gasteiger partial charge is 0.126 e. The summed E-state index contributed by atoms with van der Waals surface area (Å²) in [7, 11) is 0. The van der Waals surface area contributed by atoms with Gasteiger partial charge in [-0.05, 0) is 144 Å². The van der Waals surface area contributed by atoms with E-state index >= 15 is 0 Å². The summed E-state index contributed by atoms with van der Waals surface area (Å²) in [6, 6.07) is 28.6. The summed E-state index contributed by atoms with van der Waals surface area (Å²) in [5.74, 6) is 1.01. The molecule has 0 aliphatic rings. The van der Waals surface area contributed by atoms with E-state index in [-0.39, 0.29) is 25.3 Å². The average molecular weight is 767 g/mol. The zero-order chi connectivity index (χ0) is 41.2. The van der Waals surface area contributed by atoms with Gasteiger partial charge in [-0.1, -0.05) is 119 Å². The Kier molecular flexibility index (Phi) is 22.2. The van der Waals surface area contributed by atoms with Crippen LogP contribution in [0.25, 0.3) is 0 Å². The predicted molar refractivity (Wildman–Crippen MR) is 230 cm³/mol. The summed E-state index contributed by atoms with van der Waals surface area (Å²) >= 11 is 6.06. The molecule has 0 saturated heterocycles. The maximum absolute atomic E-state index is 13.2. The molecule has 0 heterocycles. The highest BCUT2D eigenvalue weighted by atomic mass is 35.5. The Morgan fingerprint density at radius 3 is 1.44 bits per heavy atom. The highest BCUT2D eigenvalue weighted by molar-refractivity contribution is 6.31. The molecular weight excluding hydrogens is 701 g/mol. The quantitative estimate of drug-likeness (QED) is 0.203. The number of halogens is 2. The molecule has 1 N–H and O–H groups in total. The molecule has 0 atom stereocenters. The van der Waals surface area contributed by atoms with Crippen molar-refractivity contribution in [3.63, 3.8) is 0 Å². The van der Waals surface area contributed by atoms with Gasteiger partial charge in [-0.25, -0.2) is 4.39 Å². The van der Waals surface area contributed by atoms with Crippen LogP contribution in [0.1, 0.15) is 132 Å². The molecule has 0 bridgehead atoms. The monoisotopic (exact) mass is 765 g/mol. The minimum absolute atomic E-state index is 0. The van der Waals surface area contributed by atoms with Gasteiger partial charge in [0.2, 0.25) is 0 Å². The summed E-state index contributed by atoms with van der Waals surface area (Å²) in [6.45, 7) is 25.6. The number of hydrogen-bond acceptors (Lipinski definition) is 4. The lowest BCUT2D eigenvalue weighted by molar-refractivity contribution is 0.280. The van der Waals surface area contributed by atoms with Crippen LogP contribution in [0.15, 0.2) is 72.8 Å². The average Bonchev–Trinajstić information content (AvgIpc) is 3.07. The van der Waals surface area contributed by atoms with Crippen LogP contribution in [-0.4, -0.2) is 5.11 Å². The van der Waals surface area contributed by atoms with Gasteiger partial charge in [0.25, 0.3) is 0 Å². The zero-order valence-electron chi connectivity index (χ0n) is 34.7. The first-order valence-electron chi connectivity index (χ1n) is 18.7. The second-order valence-corrected chi connectivity index (χ2v) is 17.6. The molecule has 4 rings (SSSR count). The fourth-order valence-corrected chi connectivity index (χ4v) is 5.85. The van der Waals surface area contributed by atoms with E-state index in [1.807, 2.05) is 49.4 Å². The van der Waals surface area contributed by atoms with Crippen LogP contribution >= 0.6 is 11.6 Å². The molecule has 0 aliphatic heterocycles. The third kappa shape index (κ3) is 20.7. The van der Waals surface area contributed by atoms with E-state index in [2.05, 4.69) is 100 Å². The molecule has 0 spiro atoms. The van der Waals surface area contributed by atoms with Crippen LogP contribution < -0.4 is 0 Å². The lowest BCUT2D eigenvalue weighted by atomic mass is 9.86. The van der Waals surface area contributed by atoms with E-state index in [1.54, 1.807) is 24.3 Å². The Bertz CT molecular complexity index is 1840. The lowest BCUT2D eigenvalue weighted by Gasteiger charge is -2.19. The van der Waals surface area contributed by atoms with Crippen LogP contribution in [-0.2, 0) is 32.3 Å². The lowest BCUT2D eigenvalue weighted by Crippen LogP contribution is -2.10. The number of hydrogen-bond donors (Lipinski definition) is 1. The second-order valence-electron chi connectivity index (χ2n) is 17.2. The number of rotatable bonds is 7. The van der Waals surface area contributed by atoms with Crippen molar-refractivity contribution in [3.8, 4) is 18.2 Å². The molecule has 55 heavy (non-hydrogen) atoms. The van der Waals surface area contributed by atoms with E-state index in [0.29, 0.717) is 33.4 Å². The highest BCUT2D eigenvalue weighted by Crippen LogP contribution is 2.27. The Morgan fingerprint density at radius 1 is 0.600 bits per heavy atom. The summed E-state index contributed by atoms with van der Waals surface area (Å²) in [6.07, 6.45) is 3.76. The molecule has 296 valence electrons.